The summed E-state index contributed by atoms with van der Waals surface area (Å²) in [6.45, 7) is 3.56. The average molecular weight is 309 g/mol. The molecule has 0 radical (unpaired) electrons. The van der Waals surface area contributed by atoms with Crippen LogP contribution in [0.25, 0.3) is 0 Å². The Morgan fingerprint density at radius 2 is 1.71 bits per heavy atom. The first-order valence-corrected chi connectivity index (χ1v) is 7.60. The minimum atomic E-state index is -4.24. The molecule has 2 aromatic rings. The highest BCUT2D eigenvalue weighted by Gasteiger charge is 2.11. The Balaban J connectivity index is 2.40. The van der Waals surface area contributed by atoms with Gasteiger partial charge in [-0.25, -0.2) is 0 Å². The van der Waals surface area contributed by atoms with Gasteiger partial charge in [0.05, 0.1) is 11.4 Å². The zero-order valence-electron chi connectivity index (χ0n) is 11.6. The van der Waals surface area contributed by atoms with E-state index in [0.29, 0.717) is 16.7 Å². The van der Waals surface area contributed by atoms with Crippen LogP contribution in [0.3, 0.4) is 0 Å². The van der Waals surface area contributed by atoms with Gasteiger partial charge in [-0.15, -0.1) is 0 Å². The van der Waals surface area contributed by atoms with Crippen molar-refractivity contribution in [3.63, 3.8) is 0 Å². The highest BCUT2D eigenvalue weighted by Crippen LogP contribution is 2.19. The molecule has 7 heteroatoms. The van der Waals surface area contributed by atoms with E-state index in [1.165, 1.54) is 34.9 Å². The Morgan fingerprint density at radius 3 is 2.24 bits per heavy atom. The second-order valence-electron chi connectivity index (χ2n) is 4.82. The number of aromatic hydroxyl groups is 1. The van der Waals surface area contributed by atoms with Gasteiger partial charge >= 0.3 is 0 Å². The van der Waals surface area contributed by atoms with Crippen LogP contribution in [-0.4, -0.2) is 22.6 Å². The normalized spacial score (nSPS) is 11.6. The largest absolute Gasteiger partial charge is 0.494 e. The molecule has 0 atom stereocenters. The van der Waals surface area contributed by atoms with Crippen LogP contribution in [-0.2, 0) is 16.7 Å². The zero-order chi connectivity index (χ0) is 15.8. The maximum absolute atomic E-state index is 11.9. The topological polar surface area (TPSA) is 96.6 Å². The van der Waals surface area contributed by atoms with E-state index in [2.05, 4.69) is 0 Å². The van der Waals surface area contributed by atoms with Gasteiger partial charge in [-0.05, 0) is 37.1 Å². The summed E-state index contributed by atoms with van der Waals surface area (Å²) in [6.07, 6.45) is 0. The smallest absolute Gasteiger partial charge is 0.294 e. The van der Waals surface area contributed by atoms with Crippen molar-refractivity contribution in [3.05, 3.63) is 57.4 Å². The molecule has 112 valence electrons. The lowest BCUT2D eigenvalue weighted by Gasteiger charge is -2.12. The molecule has 0 aliphatic carbocycles. The number of aryl methyl sites for hydroxylation is 1. The van der Waals surface area contributed by atoms with Crippen LogP contribution < -0.4 is 5.56 Å². The maximum Gasteiger partial charge on any atom is 0.294 e. The van der Waals surface area contributed by atoms with E-state index in [9.17, 15) is 18.3 Å². The summed E-state index contributed by atoms with van der Waals surface area (Å²) < 4.78 is 32.0. The number of hydrogen-bond donors (Lipinski definition) is 2. The summed E-state index contributed by atoms with van der Waals surface area (Å²) >= 11 is 0. The third kappa shape index (κ3) is 3.14. The molecule has 0 unspecified atom stereocenters. The summed E-state index contributed by atoms with van der Waals surface area (Å²) in [5.74, 6) is -0.112. The van der Waals surface area contributed by atoms with Crippen molar-refractivity contribution in [1.29, 1.82) is 0 Å². The fraction of sp³-hybridized carbons (Fsp3) is 0.214. The third-order valence-electron chi connectivity index (χ3n) is 3.35. The van der Waals surface area contributed by atoms with E-state index in [1.54, 1.807) is 13.8 Å². The molecule has 2 rings (SSSR count). The first kappa shape index (κ1) is 15.3. The van der Waals surface area contributed by atoms with Gasteiger partial charge in [0.1, 0.15) is 0 Å². The Labute approximate surface area is 122 Å². The van der Waals surface area contributed by atoms with E-state index < -0.39 is 10.1 Å². The predicted molar refractivity (Wildman–Crippen MR) is 77.2 cm³/mol. The Bertz CT molecular complexity index is 835. The maximum atomic E-state index is 11.9. The van der Waals surface area contributed by atoms with E-state index in [1.807, 2.05) is 0 Å². The third-order valence-corrected chi connectivity index (χ3v) is 4.22. The molecule has 0 fully saturated rings. The van der Waals surface area contributed by atoms with Gasteiger partial charge in [-0.2, -0.15) is 8.42 Å². The highest BCUT2D eigenvalue weighted by atomic mass is 32.2. The van der Waals surface area contributed by atoms with Gasteiger partial charge < -0.3 is 5.11 Å². The van der Waals surface area contributed by atoms with Crippen molar-refractivity contribution >= 4 is 10.1 Å². The van der Waals surface area contributed by atoms with Crippen LogP contribution in [0.15, 0.2) is 40.0 Å². The van der Waals surface area contributed by atoms with Crippen molar-refractivity contribution in [2.75, 3.05) is 0 Å². The second kappa shape index (κ2) is 5.34. The number of aromatic nitrogens is 1. The summed E-state index contributed by atoms with van der Waals surface area (Å²) in [5.41, 5.74) is 1.61. The van der Waals surface area contributed by atoms with Gasteiger partial charge in [0.15, 0.2) is 5.88 Å². The van der Waals surface area contributed by atoms with Crippen LogP contribution in [0.1, 0.15) is 16.7 Å². The molecule has 21 heavy (non-hydrogen) atoms. The number of hydrogen-bond acceptors (Lipinski definition) is 4. The van der Waals surface area contributed by atoms with Crippen LogP contribution in [0.4, 0.5) is 0 Å². The van der Waals surface area contributed by atoms with Crippen molar-refractivity contribution in [2.24, 2.45) is 0 Å². The van der Waals surface area contributed by atoms with Crippen LogP contribution >= 0.6 is 0 Å². The summed E-state index contributed by atoms with van der Waals surface area (Å²) in [4.78, 5) is 11.7. The van der Waals surface area contributed by atoms with E-state index in [-0.39, 0.29) is 22.9 Å². The molecule has 0 saturated carbocycles. The Kier molecular flexibility index (Phi) is 3.89. The minimum Gasteiger partial charge on any atom is -0.494 e. The standard InChI is InChI=1S/C14H15NO5S/c1-9-7-13(16)15(14(17)10(9)2)8-11-3-5-12(6-4-11)21(18,19)20/h3-7,17H,8H2,1-2H3,(H,18,19,20). The van der Waals surface area contributed by atoms with Crippen molar-refractivity contribution in [3.8, 4) is 5.88 Å². The van der Waals surface area contributed by atoms with Crippen LogP contribution in [0.2, 0.25) is 0 Å². The molecule has 6 nitrogen and oxygen atoms in total. The van der Waals surface area contributed by atoms with Crippen LogP contribution in [0.5, 0.6) is 5.88 Å². The summed E-state index contributed by atoms with van der Waals surface area (Å²) in [6, 6.07) is 6.87. The highest BCUT2D eigenvalue weighted by molar-refractivity contribution is 7.85. The molecule has 0 saturated heterocycles. The average Bonchev–Trinajstić information content (AvgIpc) is 2.41. The minimum absolute atomic E-state index is 0.109. The lowest BCUT2D eigenvalue weighted by molar-refractivity contribution is 0.409. The zero-order valence-corrected chi connectivity index (χ0v) is 12.4. The molecule has 2 N–H and O–H groups in total. The second-order valence-corrected chi connectivity index (χ2v) is 6.24. The van der Waals surface area contributed by atoms with Crippen molar-refractivity contribution in [1.82, 2.24) is 4.57 Å². The van der Waals surface area contributed by atoms with Gasteiger partial charge in [-0.3, -0.25) is 13.9 Å². The molecule has 1 aromatic heterocycles. The molecule has 1 heterocycles. The molecule has 0 aliphatic rings. The van der Waals surface area contributed by atoms with Crippen molar-refractivity contribution in [2.45, 2.75) is 25.3 Å². The summed E-state index contributed by atoms with van der Waals surface area (Å²) in [7, 11) is -4.24. The number of rotatable bonds is 3. The van der Waals surface area contributed by atoms with Gasteiger partial charge in [-0.1, -0.05) is 12.1 Å². The Hall–Kier alpha value is -2.12. The molecule has 0 spiro atoms. The number of nitrogens with zero attached hydrogens (tertiary/aromatic N) is 1. The Morgan fingerprint density at radius 1 is 1.14 bits per heavy atom. The fourth-order valence-electron chi connectivity index (χ4n) is 1.96. The van der Waals surface area contributed by atoms with Crippen LogP contribution in [0, 0.1) is 13.8 Å². The fourth-order valence-corrected chi connectivity index (χ4v) is 2.44. The molecule has 0 amide bonds. The molecule has 1 aromatic carbocycles. The molecule has 0 bridgehead atoms. The molecule has 0 aliphatic heterocycles. The monoisotopic (exact) mass is 309 g/mol. The number of benzene rings is 1. The van der Waals surface area contributed by atoms with Gasteiger partial charge in [0.2, 0.25) is 0 Å². The first-order chi connectivity index (χ1) is 9.70. The quantitative estimate of drug-likeness (QED) is 0.837. The summed E-state index contributed by atoms with van der Waals surface area (Å²) in [5, 5.41) is 10.0. The predicted octanol–water partition coefficient (Wildman–Crippen LogP) is 1.47. The lowest BCUT2D eigenvalue weighted by atomic mass is 10.1. The van der Waals surface area contributed by atoms with Gasteiger partial charge in [0.25, 0.3) is 15.7 Å². The number of pyridine rings is 1. The SMILES string of the molecule is Cc1cc(=O)n(Cc2ccc(S(=O)(=O)O)cc2)c(O)c1C. The molecular weight excluding hydrogens is 294 g/mol. The molecular formula is C14H15NO5S. The lowest BCUT2D eigenvalue weighted by Crippen LogP contribution is -2.21. The van der Waals surface area contributed by atoms with Gasteiger partial charge in [0, 0.05) is 11.6 Å². The first-order valence-electron chi connectivity index (χ1n) is 6.16. The van der Waals surface area contributed by atoms with E-state index >= 15 is 0 Å². The van der Waals surface area contributed by atoms with E-state index in [4.69, 9.17) is 4.55 Å². The van der Waals surface area contributed by atoms with Crippen molar-refractivity contribution < 1.29 is 18.1 Å². The van der Waals surface area contributed by atoms with E-state index in [0.717, 1.165) is 0 Å².